The zero-order valence-corrected chi connectivity index (χ0v) is 44.8. The number of nitrogens with one attached hydrogen (secondary N) is 4. The second-order valence-corrected chi connectivity index (χ2v) is 19.2. The van der Waals surface area contributed by atoms with Crippen molar-refractivity contribution in [3.63, 3.8) is 0 Å². The lowest BCUT2D eigenvalue weighted by Gasteiger charge is -2.36. The first-order valence-corrected chi connectivity index (χ1v) is 25.9. The first-order chi connectivity index (χ1) is 38.9. The minimum Gasteiger partial charge on any atom is -0.494 e. The Hall–Kier alpha value is -9.74. The van der Waals surface area contributed by atoms with Gasteiger partial charge in [-0.3, -0.25) is 33.2 Å². The van der Waals surface area contributed by atoms with E-state index >= 15 is 0 Å². The van der Waals surface area contributed by atoms with Gasteiger partial charge in [0.05, 0.1) is 55.6 Å². The molecule has 0 unspecified atom stereocenters. The van der Waals surface area contributed by atoms with Crippen LogP contribution in [0.4, 0.5) is 46.0 Å². The van der Waals surface area contributed by atoms with Gasteiger partial charge in [0, 0.05) is 86.7 Å². The second-order valence-electron chi connectivity index (χ2n) is 19.2. The fraction of sp³-hybridized carbons (Fsp3) is 0.263. The number of amides is 2. The molecule has 2 aliphatic heterocycles. The van der Waals surface area contributed by atoms with Crippen molar-refractivity contribution in [3.8, 4) is 28.8 Å². The highest BCUT2D eigenvalue weighted by Gasteiger charge is 2.24. The Labute approximate surface area is 460 Å². The normalized spacial score (nSPS) is 14.0. The van der Waals surface area contributed by atoms with E-state index in [1.54, 1.807) is 62.8 Å². The maximum Gasteiger partial charge on any atom is 0.275 e. The molecule has 0 aliphatic carbocycles. The smallest absolute Gasteiger partial charge is 0.275 e. The van der Waals surface area contributed by atoms with Crippen LogP contribution in [-0.4, -0.2) is 147 Å². The number of ether oxygens (including phenoxy) is 3. The van der Waals surface area contributed by atoms with Crippen LogP contribution in [0.15, 0.2) is 138 Å². The molecule has 0 radical (unpaired) electrons. The molecule has 4 N–H and O–H groups in total. The number of benzene rings is 4. The monoisotopic (exact) mass is 1080 g/mol. The van der Waals surface area contributed by atoms with Crippen LogP contribution in [0.25, 0.3) is 33.7 Å². The Morgan fingerprint density at radius 2 is 1.19 bits per heavy atom. The third-order valence-electron chi connectivity index (χ3n) is 14.0. The second kappa shape index (κ2) is 23.9. The summed E-state index contributed by atoms with van der Waals surface area (Å²) in [5.41, 5.74) is 5.28. The number of rotatable bonds is 19. The van der Waals surface area contributed by atoms with E-state index < -0.39 is 17.0 Å². The number of nitrogens with zero attached hydrogens (tertiary/aromatic N) is 12. The largest absolute Gasteiger partial charge is 0.494 e. The van der Waals surface area contributed by atoms with Crippen LogP contribution in [0.1, 0.15) is 12.8 Å². The van der Waals surface area contributed by atoms with E-state index in [9.17, 15) is 19.2 Å². The van der Waals surface area contributed by atoms with Crippen LogP contribution in [0.2, 0.25) is 0 Å². The molecule has 0 spiro atoms. The minimum atomic E-state index is -0.455. The van der Waals surface area contributed by atoms with Gasteiger partial charge >= 0.3 is 0 Å². The fourth-order valence-corrected chi connectivity index (χ4v) is 9.77. The van der Waals surface area contributed by atoms with Gasteiger partial charge in [-0.1, -0.05) is 25.3 Å². The number of hydrogen-bond donors (Lipinski definition) is 4. The Morgan fingerprint density at radius 3 is 1.76 bits per heavy atom. The molecular weight excluding hydrogens is 1020 g/mol. The van der Waals surface area contributed by atoms with Crippen molar-refractivity contribution in [3.05, 3.63) is 150 Å². The quantitative estimate of drug-likeness (QED) is 0.0664. The van der Waals surface area contributed by atoms with Crippen molar-refractivity contribution < 1.29 is 23.8 Å². The van der Waals surface area contributed by atoms with Crippen LogP contribution in [0, 0.1) is 0 Å². The van der Waals surface area contributed by atoms with Crippen LogP contribution in [0.5, 0.6) is 17.4 Å². The van der Waals surface area contributed by atoms with Gasteiger partial charge in [0.15, 0.2) is 16.8 Å². The third-order valence-corrected chi connectivity index (χ3v) is 14.0. The van der Waals surface area contributed by atoms with Crippen LogP contribution in [0.3, 0.4) is 0 Å². The van der Waals surface area contributed by atoms with E-state index in [1.807, 2.05) is 36.4 Å². The summed E-state index contributed by atoms with van der Waals surface area (Å²) in [6.07, 6.45) is 8.38. The van der Waals surface area contributed by atoms with Gasteiger partial charge in [-0.2, -0.15) is 15.0 Å². The van der Waals surface area contributed by atoms with Crippen LogP contribution < -0.4 is 56.4 Å². The van der Waals surface area contributed by atoms with Gasteiger partial charge in [0.2, 0.25) is 29.6 Å². The summed E-state index contributed by atoms with van der Waals surface area (Å²) in [5.74, 6) is 0.887. The molecule has 0 saturated carbocycles. The number of carbonyl (C=O) groups is 2. The Kier molecular flexibility index (Phi) is 16.0. The molecule has 2 amide bonds. The Bertz CT molecular complexity index is 3760. The molecule has 8 aromatic rings. The molecule has 6 heterocycles. The molecule has 0 atom stereocenters. The van der Waals surface area contributed by atoms with E-state index in [-0.39, 0.29) is 47.1 Å². The van der Waals surface area contributed by atoms with E-state index in [0.29, 0.717) is 76.8 Å². The summed E-state index contributed by atoms with van der Waals surface area (Å²) in [6.45, 7) is 12.6. The zero-order valence-electron chi connectivity index (χ0n) is 44.8. The Morgan fingerprint density at radius 1 is 0.637 bits per heavy atom. The van der Waals surface area contributed by atoms with Gasteiger partial charge in [-0.05, 0) is 99.8 Å². The molecule has 2 fully saturated rings. The van der Waals surface area contributed by atoms with Gasteiger partial charge in [-0.25, -0.2) is 15.0 Å². The van der Waals surface area contributed by atoms with Crippen molar-refractivity contribution >= 4 is 80.2 Å². The van der Waals surface area contributed by atoms with Crippen LogP contribution >= 0.6 is 0 Å². The van der Waals surface area contributed by atoms with Gasteiger partial charge in [0.1, 0.15) is 23.6 Å². The number of hydrogen-bond acceptors (Lipinski definition) is 19. The Balaban J connectivity index is 0.840. The van der Waals surface area contributed by atoms with E-state index in [0.717, 1.165) is 50.4 Å². The number of anilines is 8. The summed E-state index contributed by atoms with van der Waals surface area (Å²) < 4.78 is 21.1. The number of piperazine rings is 1. The lowest BCUT2D eigenvalue weighted by atomic mass is 10.0. The molecule has 80 heavy (non-hydrogen) atoms. The standard InChI is InChI=1S/C57H60N16O7/c1-7-48(74)61-36-11-9-13-41(29-36)72-50(76)34-58-45-33-60-56(65-53(45)72)63-43-17-16-40(32-46(43)78-5)71-25-23-69(24-26-71)27-28-80-55-52-54(73(51(77)35-59-52)42-14-10-12-37(30-42)62-49(75)8-2)66-57(67-55)64-44-18-15-39(31-47(44)79-6)70-21-19-38(20-22-70)68(3)4/h7-18,29-35,38H,1-2,19-28H2,3-6H3,(H,61,74)(H,62,75)(H,60,63,65)(H,64,66,67). The SMILES string of the molecule is C=CC(=O)Nc1cccc(-n2c(=O)cnc3cnc(Nc4ccc(N5CCN(CCOc6nc(Nc7ccc(N8CCC(N(C)C)CC8)cc7OC)nc7c6ncc(=O)n7-c6cccc(NC(=O)C=C)c6)CC5)cc4OC)nc32)c1. The molecule has 23 heteroatoms. The van der Waals surface area contributed by atoms with Gasteiger partial charge in [-0.15, -0.1) is 0 Å². The van der Waals surface area contributed by atoms with Crippen molar-refractivity contribution in [2.45, 2.75) is 18.9 Å². The highest BCUT2D eigenvalue weighted by molar-refractivity contribution is 5.99. The van der Waals surface area contributed by atoms with Gasteiger partial charge < -0.3 is 50.2 Å². The highest BCUT2D eigenvalue weighted by Crippen LogP contribution is 2.35. The molecule has 2 saturated heterocycles. The topological polar surface area (TPSA) is 244 Å². The molecular formula is C57H60N16O7. The number of methoxy groups -OCH3 is 2. The highest BCUT2D eigenvalue weighted by atomic mass is 16.5. The summed E-state index contributed by atoms with van der Waals surface area (Å²) >= 11 is 0. The molecule has 410 valence electrons. The molecule has 2 aliphatic rings. The first-order valence-electron chi connectivity index (χ1n) is 25.9. The first kappa shape index (κ1) is 53.6. The number of aromatic nitrogens is 8. The number of piperidine rings is 1. The molecule has 0 bridgehead atoms. The predicted octanol–water partition coefficient (Wildman–Crippen LogP) is 6.15. The van der Waals surface area contributed by atoms with Crippen molar-refractivity contribution in [2.75, 3.05) is 112 Å². The third kappa shape index (κ3) is 11.9. The minimum absolute atomic E-state index is 0.149. The average Bonchev–Trinajstić information content (AvgIpc) is 3.51. The number of carbonyl (C=O) groups excluding carboxylic acids is 2. The predicted molar refractivity (Wildman–Crippen MR) is 309 cm³/mol. The summed E-state index contributed by atoms with van der Waals surface area (Å²) in [5, 5.41) is 12.1. The maximum atomic E-state index is 13.8. The van der Waals surface area contributed by atoms with Gasteiger partial charge in [0.25, 0.3) is 11.1 Å². The lowest BCUT2D eigenvalue weighted by molar-refractivity contribution is -0.112. The average molecular weight is 1080 g/mol. The van der Waals surface area contributed by atoms with E-state index in [4.69, 9.17) is 29.2 Å². The molecule has 4 aromatic carbocycles. The zero-order chi connectivity index (χ0) is 55.9. The number of fused-ring (bicyclic) bond motifs is 2. The lowest BCUT2D eigenvalue weighted by Crippen LogP contribution is -2.47. The fourth-order valence-electron chi connectivity index (χ4n) is 9.77. The molecule has 10 rings (SSSR count). The van der Waals surface area contributed by atoms with Crippen molar-refractivity contribution in [1.82, 2.24) is 48.8 Å². The summed E-state index contributed by atoms with van der Waals surface area (Å²) in [4.78, 5) is 88.1. The summed E-state index contributed by atoms with van der Waals surface area (Å²) in [6, 6.07) is 26.0. The maximum absolute atomic E-state index is 13.8. The van der Waals surface area contributed by atoms with E-state index in [1.165, 1.54) is 39.9 Å². The molecule has 23 nitrogen and oxygen atoms in total. The van der Waals surface area contributed by atoms with E-state index in [2.05, 4.69) is 83.1 Å². The van der Waals surface area contributed by atoms with Crippen LogP contribution in [-0.2, 0) is 9.59 Å². The molecule has 4 aromatic heterocycles. The summed E-state index contributed by atoms with van der Waals surface area (Å²) in [7, 11) is 7.46. The van der Waals surface area contributed by atoms with Crippen molar-refractivity contribution in [2.24, 2.45) is 0 Å². The van der Waals surface area contributed by atoms with Crippen molar-refractivity contribution in [1.29, 1.82) is 0 Å².